The maximum Gasteiger partial charge on any atom is 0.316 e. The number of hydrogen-bond donors (Lipinski definition) is 4. The fraction of sp³-hybridized carbons (Fsp3) is 0. The maximum absolute atomic E-state index is 11.9. The van der Waals surface area contributed by atoms with Crippen molar-refractivity contribution in [1.82, 2.24) is 4.98 Å². The highest BCUT2D eigenvalue weighted by atomic mass is 16.2. The van der Waals surface area contributed by atoms with Crippen molar-refractivity contribution in [3.63, 3.8) is 0 Å². The first-order valence-electron chi connectivity index (χ1n) is 5.71. The molecule has 0 aliphatic heterocycles. The number of aromatic amines is 1. The lowest BCUT2D eigenvalue weighted by atomic mass is 10.2. The molecule has 20 heavy (non-hydrogen) atoms. The fourth-order valence-electron chi connectivity index (χ4n) is 1.61. The number of amides is 3. The predicted molar refractivity (Wildman–Crippen MR) is 74.7 cm³/mol. The molecule has 0 bridgehead atoms. The SMILES string of the molecule is NC(=O)Nc1cccc(NC(=O)c2cc[nH]c(=O)c2)c1. The van der Waals surface area contributed by atoms with Crippen LogP contribution in [0.2, 0.25) is 0 Å². The molecule has 1 aromatic heterocycles. The number of H-pyrrole nitrogens is 1. The second kappa shape index (κ2) is 5.70. The zero-order chi connectivity index (χ0) is 14.5. The van der Waals surface area contributed by atoms with Gasteiger partial charge in [0.15, 0.2) is 0 Å². The summed E-state index contributed by atoms with van der Waals surface area (Å²) in [6.07, 6.45) is 1.39. The van der Waals surface area contributed by atoms with Gasteiger partial charge in [-0.15, -0.1) is 0 Å². The van der Waals surface area contributed by atoms with Crippen LogP contribution in [0.3, 0.4) is 0 Å². The Labute approximate surface area is 113 Å². The number of pyridine rings is 1. The number of urea groups is 1. The van der Waals surface area contributed by atoms with Crippen molar-refractivity contribution in [2.75, 3.05) is 10.6 Å². The molecule has 0 aliphatic rings. The molecule has 1 aromatic carbocycles. The summed E-state index contributed by atoms with van der Waals surface area (Å²) < 4.78 is 0. The van der Waals surface area contributed by atoms with Crippen molar-refractivity contribution < 1.29 is 9.59 Å². The molecule has 0 fully saturated rings. The first kappa shape index (κ1) is 13.3. The highest BCUT2D eigenvalue weighted by Gasteiger charge is 2.07. The minimum atomic E-state index is -0.692. The molecular formula is C13H12N4O3. The second-order valence-electron chi connectivity index (χ2n) is 3.97. The molecule has 0 spiro atoms. The molecule has 102 valence electrons. The zero-order valence-electron chi connectivity index (χ0n) is 10.3. The van der Waals surface area contributed by atoms with E-state index >= 15 is 0 Å². The molecule has 2 rings (SSSR count). The second-order valence-corrected chi connectivity index (χ2v) is 3.97. The van der Waals surface area contributed by atoms with E-state index in [2.05, 4.69) is 15.6 Å². The van der Waals surface area contributed by atoms with E-state index in [4.69, 9.17) is 5.73 Å². The summed E-state index contributed by atoms with van der Waals surface area (Å²) in [5, 5.41) is 5.02. The molecule has 7 nitrogen and oxygen atoms in total. The quantitative estimate of drug-likeness (QED) is 0.670. The van der Waals surface area contributed by atoms with Crippen LogP contribution < -0.4 is 21.9 Å². The van der Waals surface area contributed by atoms with Crippen LogP contribution in [0.5, 0.6) is 0 Å². The smallest absolute Gasteiger partial charge is 0.316 e. The third-order valence-corrected chi connectivity index (χ3v) is 2.43. The van der Waals surface area contributed by atoms with E-state index in [0.29, 0.717) is 11.4 Å². The number of nitrogens with two attached hydrogens (primary N) is 1. The number of nitrogens with one attached hydrogen (secondary N) is 3. The Hall–Kier alpha value is -3.09. The minimum absolute atomic E-state index is 0.238. The van der Waals surface area contributed by atoms with Gasteiger partial charge in [-0.3, -0.25) is 9.59 Å². The summed E-state index contributed by atoms with van der Waals surface area (Å²) >= 11 is 0. The lowest BCUT2D eigenvalue weighted by Gasteiger charge is -2.07. The molecule has 0 radical (unpaired) electrons. The Bertz CT molecular complexity index is 709. The Balaban J connectivity index is 2.15. The van der Waals surface area contributed by atoms with Crippen molar-refractivity contribution in [3.05, 3.63) is 58.5 Å². The van der Waals surface area contributed by atoms with Crippen LogP contribution in [-0.4, -0.2) is 16.9 Å². The average Bonchev–Trinajstić information content (AvgIpc) is 2.38. The summed E-state index contributed by atoms with van der Waals surface area (Å²) in [5.41, 5.74) is 5.82. The number of benzene rings is 1. The van der Waals surface area contributed by atoms with Gasteiger partial charge >= 0.3 is 6.03 Å². The summed E-state index contributed by atoms with van der Waals surface area (Å²) in [6.45, 7) is 0. The van der Waals surface area contributed by atoms with Crippen molar-refractivity contribution in [2.24, 2.45) is 5.73 Å². The van der Waals surface area contributed by atoms with Gasteiger partial charge in [0.2, 0.25) is 5.56 Å². The van der Waals surface area contributed by atoms with E-state index < -0.39 is 11.9 Å². The normalized spacial score (nSPS) is 9.80. The summed E-state index contributed by atoms with van der Waals surface area (Å²) in [7, 11) is 0. The Morgan fingerprint density at radius 3 is 2.40 bits per heavy atom. The Morgan fingerprint density at radius 2 is 1.75 bits per heavy atom. The molecule has 0 unspecified atom stereocenters. The van der Waals surface area contributed by atoms with Crippen LogP contribution >= 0.6 is 0 Å². The van der Waals surface area contributed by atoms with Gasteiger partial charge in [-0.2, -0.15) is 0 Å². The number of aromatic nitrogens is 1. The van der Waals surface area contributed by atoms with Crippen molar-refractivity contribution in [3.8, 4) is 0 Å². The number of carbonyl (C=O) groups is 2. The van der Waals surface area contributed by atoms with Gasteiger partial charge in [0.05, 0.1) is 0 Å². The van der Waals surface area contributed by atoms with Crippen LogP contribution in [0, 0.1) is 0 Å². The predicted octanol–water partition coefficient (Wildman–Crippen LogP) is 1.12. The molecular weight excluding hydrogens is 260 g/mol. The highest BCUT2D eigenvalue weighted by Crippen LogP contribution is 2.15. The number of anilines is 2. The molecule has 5 N–H and O–H groups in total. The molecule has 0 atom stereocenters. The average molecular weight is 272 g/mol. The van der Waals surface area contributed by atoms with E-state index in [1.54, 1.807) is 24.3 Å². The van der Waals surface area contributed by atoms with E-state index in [-0.39, 0.29) is 11.1 Å². The third-order valence-electron chi connectivity index (χ3n) is 2.43. The molecule has 1 heterocycles. The van der Waals surface area contributed by atoms with Gasteiger partial charge in [0.1, 0.15) is 0 Å². The number of carbonyl (C=O) groups excluding carboxylic acids is 2. The summed E-state index contributed by atoms with van der Waals surface area (Å²) in [4.78, 5) is 36.2. The minimum Gasteiger partial charge on any atom is -0.351 e. The van der Waals surface area contributed by atoms with Gasteiger partial charge < -0.3 is 21.4 Å². The van der Waals surface area contributed by atoms with E-state index in [0.717, 1.165) is 0 Å². The molecule has 0 saturated carbocycles. The van der Waals surface area contributed by atoms with Crippen LogP contribution in [0.25, 0.3) is 0 Å². The van der Waals surface area contributed by atoms with Crippen molar-refractivity contribution in [2.45, 2.75) is 0 Å². The first-order valence-corrected chi connectivity index (χ1v) is 5.71. The number of hydrogen-bond acceptors (Lipinski definition) is 3. The van der Waals surface area contributed by atoms with Crippen LogP contribution in [0.4, 0.5) is 16.2 Å². The molecule has 0 aliphatic carbocycles. The van der Waals surface area contributed by atoms with E-state index in [9.17, 15) is 14.4 Å². The largest absolute Gasteiger partial charge is 0.351 e. The van der Waals surface area contributed by atoms with Crippen LogP contribution in [0.15, 0.2) is 47.4 Å². The fourth-order valence-corrected chi connectivity index (χ4v) is 1.61. The van der Waals surface area contributed by atoms with Crippen LogP contribution in [0.1, 0.15) is 10.4 Å². The standard InChI is InChI=1S/C13H12N4O3/c14-13(20)17-10-3-1-2-9(7-10)16-12(19)8-4-5-15-11(18)6-8/h1-7H,(H,15,18)(H,16,19)(H3,14,17,20). The summed E-state index contributed by atoms with van der Waals surface area (Å²) in [6, 6.07) is 8.48. The van der Waals surface area contributed by atoms with Gasteiger partial charge in [0.25, 0.3) is 5.91 Å². The molecule has 2 aromatic rings. The Morgan fingerprint density at radius 1 is 1.05 bits per heavy atom. The first-order chi connectivity index (χ1) is 9.54. The van der Waals surface area contributed by atoms with Gasteiger partial charge in [-0.05, 0) is 24.3 Å². The van der Waals surface area contributed by atoms with Gasteiger partial charge in [-0.1, -0.05) is 6.07 Å². The molecule has 7 heteroatoms. The van der Waals surface area contributed by atoms with Gasteiger partial charge in [-0.25, -0.2) is 4.79 Å². The highest BCUT2D eigenvalue weighted by molar-refractivity contribution is 6.04. The number of primary amides is 1. The lowest BCUT2D eigenvalue weighted by molar-refractivity contribution is 0.102. The van der Waals surface area contributed by atoms with E-state index in [1.807, 2.05) is 0 Å². The zero-order valence-corrected chi connectivity index (χ0v) is 10.3. The van der Waals surface area contributed by atoms with E-state index in [1.165, 1.54) is 18.3 Å². The Kier molecular flexibility index (Phi) is 3.80. The number of rotatable bonds is 3. The molecule has 3 amide bonds. The van der Waals surface area contributed by atoms with Crippen molar-refractivity contribution >= 4 is 23.3 Å². The molecule has 0 saturated heterocycles. The van der Waals surface area contributed by atoms with Crippen molar-refractivity contribution in [1.29, 1.82) is 0 Å². The maximum atomic E-state index is 11.9. The van der Waals surface area contributed by atoms with Gasteiger partial charge in [0, 0.05) is 29.2 Å². The third kappa shape index (κ3) is 3.45. The van der Waals surface area contributed by atoms with Crippen LogP contribution in [-0.2, 0) is 0 Å². The lowest BCUT2D eigenvalue weighted by Crippen LogP contribution is -2.19. The topological polar surface area (TPSA) is 117 Å². The summed E-state index contributed by atoms with van der Waals surface area (Å²) in [5.74, 6) is -0.424. The monoisotopic (exact) mass is 272 g/mol.